The fourth-order valence-corrected chi connectivity index (χ4v) is 3.00. The lowest BCUT2D eigenvalue weighted by Crippen LogP contribution is -1.86. The highest BCUT2D eigenvalue weighted by atomic mass is 79.9. The maximum atomic E-state index is 5.80. The van der Waals surface area contributed by atoms with E-state index in [0.717, 1.165) is 29.4 Å². The Labute approximate surface area is 133 Å². The summed E-state index contributed by atoms with van der Waals surface area (Å²) in [4.78, 5) is 0. The van der Waals surface area contributed by atoms with Gasteiger partial charge < -0.3 is 4.74 Å². The van der Waals surface area contributed by atoms with E-state index in [0.29, 0.717) is 0 Å². The van der Waals surface area contributed by atoms with Crippen molar-refractivity contribution in [1.29, 1.82) is 0 Å². The van der Waals surface area contributed by atoms with Crippen LogP contribution in [0.3, 0.4) is 0 Å². The Morgan fingerprint density at radius 3 is 2.06 bits per heavy atom. The fraction of sp³-hybridized carbons (Fsp3) is 0. The molecule has 2 rings (SSSR count). The largest absolute Gasteiger partial charge is 0.456 e. The molecule has 0 fully saturated rings. The van der Waals surface area contributed by atoms with E-state index in [1.165, 1.54) is 0 Å². The highest BCUT2D eigenvalue weighted by Crippen LogP contribution is 2.38. The zero-order valence-corrected chi connectivity index (χ0v) is 14.7. The molecule has 0 spiro atoms. The summed E-state index contributed by atoms with van der Waals surface area (Å²) in [6.07, 6.45) is 0. The molecule has 2 aromatic carbocycles. The quantitative estimate of drug-likeness (QED) is 0.440. The number of hydrogen-bond acceptors (Lipinski definition) is 1. The maximum absolute atomic E-state index is 5.80. The topological polar surface area (TPSA) is 9.23 Å². The van der Waals surface area contributed by atoms with Crippen molar-refractivity contribution in [3.63, 3.8) is 0 Å². The van der Waals surface area contributed by atoms with E-state index < -0.39 is 0 Å². The molecular formula is C12H6Br4O. The van der Waals surface area contributed by atoms with Crippen LogP contribution in [0.1, 0.15) is 0 Å². The maximum Gasteiger partial charge on any atom is 0.143 e. The summed E-state index contributed by atoms with van der Waals surface area (Å²) in [6.45, 7) is 0. The number of rotatable bonds is 2. The predicted molar refractivity (Wildman–Crippen MR) is 83.8 cm³/mol. The first-order chi connectivity index (χ1) is 8.06. The van der Waals surface area contributed by atoms with E-state index in [-0.39, 0.29) is 0 Å². The minimum absolute atomic E-state index is 0.758. The van der Waals surface area contributed by atoms with Gasteiger partial charge in [0.05, 0.1) is 4.47 Å². The number of benzene rings is 2. The summed E-state index contributed by atoms with van der Waals surface area (Å²) >= 11 is 13.8. The molecule has 0 amide bonds. The molecule has 0 N–H and O–H groups in total. The Morgan fingerprint density at radius 2 is 1.41 bits per heavy atom. The molecule has 0 saturated carbocycles. The van der Waals surface area contributed by atoms with Crippen LogP contribution in [0.5, 0.6) is 11.5 Å². The van der Waals surface area contributed by atoms with Crippen molar-refractivity contribution in [2.45, 2.75) is 0 Å². The van der Waals surface area contributed by atoms with E-state index in [4.69, 9.17) is 4.74 Å². The SMILES string of the molecule is Brc1ccc(Oc2cc(Br)cc(Br)c2Br)cc1. The first kappa shape index (κ1) is 13.6. The molecule has 0 heterocycles. The Hall–Kier alpha value is 0.160. The summed E-state index contributed by atoms with van der Waals surface area (Å²) in [5, 5.41) is 0. The predicted octanol–water partition coefficient (Wildman–Crippen LogP) is 6.53. The Bertz CT molecular complexity index is 537. The van der Waals surface area contributed by atoms with Gasteiger partial charge in [-0.3, -0.25) is 0 Å². The van der Waals surface area contributed by atoms with Crippen molar-refractivity contribution < 1.29 is 4.74 Å². The number of ether oxygens (including phenoxy) is 1. The second-order valence-electron chi connectivity index (χ2n) is 3.26. The molecule has 0 aliphatic heterocycles. The minimum atomic E-state index is 0.758. The molecule has 0 bridgehead atoms. The Kier molecular flexibility index (Phi) is 4.69. The van der Waals surface area contributed by atoms with Crippen molar-refractivity contribution >= 4 is 63.7 Å². The fourth-order valence-electron chi connectivity index (χ4n) is 1.24. The van der Waals surface area contributed by atoms with Crippen LogP contribution in [-0.2, 0) is 0 Å². The monoisotopic (exact) mass is 482 g/mol. The van der Waals surface area contributed by atoms with Crippen molar-refractivity contribution in [2.24, 2.45) is 0 Å². The molecular weight excluding hydrogens is 480 g/mol. The van der Waals surface area contributed by atoms with E-state index >= 15 is 0 Å². The molecule has 88 valence electrons. The normalized spacial score (nSPS) is 10.4. The second kappa shape index (κ2) is 5.87. The summed E-state index contributed by atoms with van der Waals surface area (Å²) in [5.74, 6) is 1.55. The van der Waals surface area contributed by atoms with Gasteiger partial charge in [0, 0.05) is 13.4 Å². The molecule has 0 atom stereocenters. The number of halogens is 4. The molecule has 5 heteroatoms. The van der Waals surface area contributed by atoms with E-state index in [1.807, 2.05) is 36.4 Å². The van der Waals surface area contributed by atoms with E-state index in [9.17, 15) is 0 Å². The van der Waals surface area contributed by atoms with Crippen molar-refractivity contribution in [2.75, 3.05) is 0 Å². The third-order valence-corrected chi connectivity index (χ3v) is 4.96. The van der Waals surface area contributed by atoms with Gasteiger partial charge in [0.25, 0.3) is 0 Å². The lowest BCUT2D eigenvalue weighted by molar-refractivity contribution is 0.479. The Balaban J connectivity index is 2.32. The van der Waals surface area contributed by atoms with Crippen molar-refractivity contribution in [3.8, 4) is 11.5 Å². The van der Waals surface area contributed by atoms with Crippen LogP contribution in [0.25, 0.3) is 0 Å². The summed E-state index contributed by atoms with van der Waals surface area (Å²) in [7, 11) is 0. The highest BCUT2D eigenvalue weighted by molar-refractivity contribution is 9.13. The highest BCUT2D eigenvalue weighted by Gasteiger charge is 2.08. The molecule has 0 radical (unpaired) electrons. The molecule has 0 aromatic heterocycles. The van der Waals surface area contributed by atoms with Crippen LogP contribution in [0.15, 0.2) is 54.3 Å². The van der Waals surface area contributed by atoms with Crippen LogP contribution >= 0.6 is 63.7 Å². The van der Waals surface area contributed by atoms with Crippen LogP contribution in [-0.4, -0.2) is 0 Å². The first-order valence-electron chi connectivity index (χ1n) is 4.64. The second-order valence-corrected chi connectivity index (χ2v) is 6.73. The minimum Gasteiger partial charge on any atom is -0.456 e. The summed E-state index contributed by atoms with van der Waals surface area (Å²) in [6, 6.07) is 11.6. The molecule has 0 aliphatic rings. The average Bonchev–Trinajstić information content (AvgIpc) is 2.28. The number of hydrogen-bond donors (Lipinski definition) is 0. The van der Waals surface area contributed by atoms with Crippen LogP contribution in [0, 0.1) is 0 Å². The van der Waals surface area contributed by atoms with Crippen molar-refractivity contribution in [3.05, 3.63) is 54.3 Å². The van der Waals surface area contributed by atoms with Gasteiger partial charge in [-0.2, -0.15) is 0 Å². The lowest BCUT2D eigenvalue weighted by Gasteiger charge is -2.09. The lowest BCUT2D eigenvalue weighted by atomic mass is 10.3. The van der Waals surface area contributed by atoms with Crippen LogP contribution in [0.2, 0.25) is 0 Å². The van der Waals surface area contributed by atoms with Gasteiger partial charge in [-0.25, -0.2) is 0 Å². The molecule has 1 nitrogen and oxygen atoms in total. The molecule has 0 saturated heterocycles. The zero-order valence-electron chi connectivity index (χ0n) is 8.38. The first-order valence-corrected chi connectivity index (χ1v) is 7.81. The van der Waals surface area contributed by atoms with E-state index in [2.05, 4.69) is 63.7 Å². The zero-order chi connectivity index (χ0) is 12.4. The molecule has 0 aliphatic carbocycles. The van der Waals surface area contributed by atoms with Gasteiger partial charge in [-0.15, -0.1) is 0 Å². The average molecular weight is 486 g/mol. The van der Waals surface area contributed by atoms with Crippen molar-refractivity contribution in [1.82, 2.24) is 0 Å². The molecule has 17 heavy (non-hydrogen) atoms. The smallest absolute Gasteiger partial charge is 0.143 e. The third kappa shape index (κ3) is 3.56. The van der Waals surface area contributed by atoms with Gasteiger partial charge >= 0.3 is 0 Å². The Morgan fingerprint density at radius 1 is 0.765 bits per heavy atom. The molecule has 2 aromatic rings. The van der Waals surface area contributed by atoms with Gasteiger partial charge in [0.1, 0.15) is 11.5 Å². The van der Waals surface area contributed by atoms with Gasteiger partial charge in [-0.1, -0.05) is 31.9 Å². The summed E-state index contributed by atoms with van der Waals surface area (Å²) < 4.78 is 9.62. The van der Waals surface area contributed by atoms with Gasteiger partial charge in [0.2, 0.25) is 0 Å². The standard InChI is InChI=1S/C12H6Br4O/c13-7-1-3-9(4-2-7)17-11-6-8(14)5-10(15)12(11)16/h1-6H. The van der Waals surface area contributed by atoms with E-state index in [1.54, 1.807) is 0 Å². The van der Waals surface area contributed by atoms with Crippen LogP contribution in [0.4, 0.5) is 0 Å². The van der Waals surface area contributed by atoms with Gasteiger partial charge in [0.15, 0.2) is 0 Å². The van der Waals surface area contributed by atoms with Crippen LogP contribution < -0.4 is 4.74 Å². The third-order valence-electron chi connectivity index (χ3n) is 2.00. The summed E-state index contributed by atoms with van der Waals surface area (Å²) in [5.41, 5.74) is 0. The molecule has 0 unspecified atom stereocenters. The van der Waals surface area contributed by atoms with Gasteiger partial charge in [-0.05, 0) is 68.3 Å².